The van der Waals surface area contributed by atoms with Gasteiger partial charge in [-0.3, -0.25) is 10.1 Å². The van der Waals surface area contributed by atoms with Crippen LogP contribution < -0.4 is 10.1 Å². The lowest BCUT2D eigenvalue weighted by Crippen LogP contribution is -2.08. The molecule has 0 aromatic heterocycles. The SMILES string of the molecule is O=[N+]([O-])c1c(Nc2cccc(OCc3ccccc3)c2)ccc2c1CCCC2. The number of hydrogen-bond acceptors (Lipinski definition) is 4. The van der Waals surface area contributed by atoms with Crippen molar-refractivity contribution in [3.8, 4) is 5.75 Å². The standard InChI is InChI=1S/C23H22N2O3/c26-25(27)23-21-12-5-4-9-18(21)13-14-22(23)24-19-10-6-11-20(15-19)28-16-17-7-2-1-3-8-17/h1-3,6-8,10-11,13-15,24H,4-5,9,12,16H2. The quantitative estimate of drug-likeness (QED) is 0.438. The molecule has 1 aliphatic carbocycles. The lowest BCUT2D eigenvalue weighted by Gasteiger charge is -2.18. The van der Waals surface area contributed by atoms with E-state index in [2.05, 4.69) is 5.32 Å². The molecule has 5 nitrogen and oxygen atoms in total. The summed E-state index contributed by atoms with van der Waals surface area (Å²) < 4.78 is 5.86. The molecule has 0 aliphatic heterocycles. The van der Waals surface area contributed by atoms with Crippen molar-refractivity contribution >= 4 is 17.1 Å². The number of aryl methyl sites for hydroxylation is 1. The molecule has 1 N–H and O–H groups in total. The third-order valence-electron chi connectivity index (χ3n) is 5.05. The summed E-state index contributed by atoms with van der Waals surface area (Å²) >= 11 is 0. The molecule has 0 radical (unpaired) electrons. The first-order valence-corrected chi connectivity index (χ1v) is 9.53. The first-order valence-electron chi connectivity index (χ1n) is 9.53. The van der Waals surface area contributed by atoms with Gasteiger partial charge in [0.1, 0.15) is 18.0 Å². The van der Waals surface area contributed by atoms with E-state index in [9.17, 15) is 10.1 Å². The third-order valence-corrected chi connectivity index (χ3v) is 5.05. The summed E-state index contributed by atoms with van der Waals surface area (Å²) in [5.41, 5.74) is 4.57. The third kappa shape index (κ3) is 3.98. The number of benzene rings is 3. The predicted octanol–water partition coefficient (Wildman–Crippen LogP) is 5.80. The molecule has 0 spiro atoms. The average Bonchev–Trinajstić information content (AvgIpc) is 2.73. The molecule has 4 rings (SSSR count). The first kappa shape index (κ1) is 18.0. The van der Waals surface area contributed by atoms with Gasteiger partial charge in [0, 0.05) is 17.3 Å². The molecule has 142 valence electrons. The Balaban J connectivity index is 1.55. The van der Waals surface area contributed by atoms with Crippen LogP contribution in [0.25, 0.3) is 0 Å². The fraction of sp³-hybridized carbons (Fsp3) is 0.217. The van der Waals surface area contributed by atoms with Crippen molar-refractivity contribution in [2.45, 2.75) is 32.3 Å². The van der Waals surface area contributed by atoms with Crippen LogP contribution in [0.2, 0.25) is 0 Å². The Kier molecular flexibility index (Phi) is 5.24. The van der Waals surface area contributed by atoms with Crippen LogP contribution in [-0.2, 0) is 19.4 Å². The number of fused-ring (bicyclic) bond motifs is 1. The van der Waals surface area contributed by atoms with Crippen LogP contribution in [0.1, 0.15) is 29.5 Å². The molecule has 0 amide bonds. The average molecular weight is 374 g/mol. The summed E-state index contributed by atoms with van der Waals surface area (Å²) in [5.74, 6) is 0.717. The summed E-state index contributed by atoms with van der Waals surface area (Å²) in [6, 6.07) is 21.3. The zero-order valence-corrected chi connectivity index (χ0v) is 15.6. The monoisotopic (exact) mass is 374 g/mol. The van der Waals surface area contributed by atoms with E-state index >= 15 is 0 Å². The topological polar surface area (TPSA) is 64.4 Å². The Hall–Kier alpha value is -3.34. The molecule has 28 heavy (non-hydrogen) atoms. The van der Waals surface area contributed by atoms with E-state index in [1.54, 1.807) is 0 Å². The molecule has 0 saturated carbocycles. The highest BCUT2D eigenvalue weighted by molar-refractivity contribution is 5.73. The van der Waals surface area contributed by atoms with E-state index < -0.39 is 0 Å². The molecule has 0 unspecified atom stereocenters. The number of rotatable bonds is 6. The van der Waals surface area contributed by atoms with Gasteiger partial charge in [-0.05, 0) is 55.0 Å². The minimum Gasteiger partial charge on any atom is -0.489 e. The Morgan fingerprint density at radius 1 is 0.964 bits per heavy atom. The molecule has 0 fully saturated rings. The summed E-state index contributed by atoms with van der Waals surface area (Å²) in [4.78, 5) is 11.5. The summed E-state index contributed by atoms with van der Waals surface area (Å²) in [6.07, 6.45) is 3.78. The van der Waals surface area contributed by atoms with E-state index in [4.69, 9.17) is 4.74 Å². The molecule has 3 aromatic rings. The number of nitrogens with zero attached hydrogens (tertiary/aromatic N) is 1. The minimum absolute atomic E-state index is 0.202. The van der Waals surface area contributed by atoms with Crippen molar-refractivity contribution in [2.24, 2.45) is 0 Å². The highest BCUT2D eigenvalue weighted by Gasteiger charge is 2.24. The Morgan fingerprint density at radius 2 is 1.79 bits per heavy atom. The van der Waals surface area contributed by atoms with E-state index in [0.717, 1.165) is 53.8 Å². The zero-order valence-electron chi connectivity index (χ0n) is 15.6. The van der Waals surface area contributed by atoms with Crippen LogP contribution in [0.5, 0.6) is 5.75 Å². The van der Waals surface area contributed by atoms with E-state index in [1.807, 2.05) is 66.7 Å². The van der Waals surface area contributed by atoms with Crippen LogP contribution in [0.4, 0.5) is 17.1 Å². The Morgan fingerprint density at radius 3 is 2.61 bits per heavy atom. The maximum absolute atomic E-state index is 11.8. The van der Waals surface area contributed by atoms with Crippen LogP contribution in [0, 0.1) is 10.1 Å². The van der Waals surface area contributed by atoms with E-state index in [0.29, 0.717) is 12.3 Å². The van der Waals surface area contributed by atoms with Gasteiger partial charge in [-0.25, -0.2) is 0 Å². The fourth-order valence-corrected chi connectivity index (χ4v) is 3.68. The summed E-state index contributed by atoms with van der Waals surface area (Å²) in [7, 11) is 0. The van der Waals surface area contributed by atoms with Crippen LogP contribution in [0.15, 0.2) is 66.7 Å². The number of anilines is 2. The van der Waals surface area contributed by atoms with Gasteiger partial charge in [-0.1, -0.05) is 42.5 Å². The van der Waals surface area contributed by atoms with Gasteiger partial charge in [0.25, 0.3) is 5.69 Å². The van der Waals surface area contributed by atoms with Crippen LogP contribution >= 0.6 is 0 Å². The molecule has 0 bridgehead atoms. The number of nitro benzene ring substituents is 1. The van der Waals surface area contributed by atoms with Gasteiger partial charge >= 0.3 is 0 Å². The minimum atomic E-state index is -0.262. The first-order chi connectivity index (χ1) is 13.7. The van der Waals surface area contributed by atoms with Crippen molar-refractivity contribution < 1.29 is 9.66 Å². The van der Waals surface area contributed by atoms with Crippen molar-refractivity contribution in [1.29, 1.82) is 0 Å². The van der Waals surface area contributed by atoms with Gasteiger partial charge < -0.3 is 10.1 Å². The molecule has 5 heteroatoms. The second kappa shape index (κ2) is 8.13. The smallest absolute Gasteiger partial charge is 0.296 e. The second-order valence-corrected chi connectivity index (χ2v) is 6.99. The summed E-state index contributed by atoms with van der Waals surface area (Å²) in [5, 5.41) is 15.0. The fourth-order valence-electron chi connectivity index (χ4n) is 3.68. The largest absolute Gasteiger partial charge is 0.489 e. The van der Waals surface area contributed by atoms with Gasteiger partial charge in [-0.15, -0.1) is 0 Å². The maximum Gasteiger partial charge on any atom is 0.296 e. The van der Waals surface area contributed by atoms with Gasteiger partial charge in [0.15, 0.2) is 0 Å². The number of ether oxygens (including phenoxy) is 1. The molecule has 1 aliphatic rings. The molecule has 0 atom stereocenters. The molecule has 3 aromatic carbocycles. The molecular formula is C23H22N2O3. The Labute approximate surface area is 164 Å². The molecule has 0 heterocycles. The van der Waals surface area contributed by atoms with Crippen molar-refractivity contribution in [2.75, 3.05) is 5.32 Å². The predicted molar refractivity (Wildman–Crippen MR) is 110 cm³/mol. The molecular weight excluding hydrogens is 352 g/mol. The van der Waals surface area contributed by atoms with Gasteiger partial charge in [0.05, 0.1) is 4.92 Å². The van der Waals surface area contributed by atoms with Crippen LogP contribution in [-0.4, -0.2) is 4.92 Å². The number of nitro groups is 1. The lowest BCUT2D eigenvalue weighted by molar-refractivity contribution is -0.384. The van der Waals surface area contributed by atoms with Crippen LogP contribution in [0.3, 0.4) is 0 Å². The maximum atomic E-state index is 11.8. The van der Waals surface area contributed by atoms with Crippen molar-refractivity contribution in [3.63, 3.8) is 0 Å². The highest BCUT2D eigenvalue weighted by Crippen LogP contribution is 2.37. The van der Waals surface area contributed by atoms with Gasteiger partial charge in [0.2, 0.25) is 0 Å². The summed E-state index contributed by atoms with van der Waals surface area (Å²) in [6.45, 7) is 0.475. The lowest BCUT2D eigenvalue weighted by atomic mass is 9.90. The zero-order chi connectivity index (χ0) is 19.3. The normalized spacial score (nSPS) is 12.9. The van der Waals surface area contributed by atoms with Crippen molar-refractivity contribution in [3.05, 3.63) is 93.5 Å². The molecule has 0 saturated heterocycles. The number of nitrogens with one attached hydrogen (secondary N) is 1. The van der Waals surface area contributed by atoms with E-state index in [-0.39, 0.29) is 10.6 Å². The van der Waals surface area contributed by atoms with E-state index in [1.165, 1.54) is 0 Å². The highest BCUT2D eigenvalue weighted by atomic mass is 16.6. The number of hydrogen-bond donors (Lipinski definition) is 1. The van der Waals surface area contributed by atoms with Gasteiger partial charge in [-0.2, -0.15) is 0 Å². The second-order valence-electron chi connectivity index (χ2n) is 6.99. The Bertz CT molecular complexity index is 986. The van der Waals surface area contributed by atoms with Crippen molar-refractivity contribution in [1.82, 2.24) is 0 Å².